The smallest absolute Gasteiger partial charge is 0.294 e. The number of pyridine rings is 1. The molecule has 0 aliphatic carbocycles. The fourth-order valence-corrected chi connectivity index (χ4v) is 2.77. The summed E-state index contributed by atoms with van der Waals surface area (Å²) in [6.07, 6.45) is 3.11. The van der Waals surface area contributed by atoms with Gasteiger partial charge in [0.2, 0.25) is 5.76 Å². The number of nitrogens with one attached hydrogen (secondary N) is 2. The van der Waals surface area contributed by atoms with Gasteiger partial charge in [0.25, 0.3) is 11.8 Å². The Morgan fingerprint density at radius 3 is 2.64 bits per heavy atom. The Morgan fingerprint density at radius 1 is 0.929 bits per heavy atom. The Morgan fingerprint density at radius 2 is 1.82 bits per heavy atom. The van der Waals surface area contributed by atoms with Crippen molar-refractivity contribution in [1.82, 2.24) is 10.1 Å². The normalized spacial score (nSPS) is 10.6. The molecule has 0 bridgehead atoms. The minimum atomic E-state index is -0.416. The third-order valence-electron chi connectivity index (χ3n) is 4.27. The number of hydrogen-bond donors (Lipinski definition) is 2. The molecule has 0 saturated heterocycles. The van der Waals surface area contributed by atoms with Crippen LogP contribution in [0, 0.1) is 6.92 Å². The van der Waals surface area contributed by atoms with Crippen molar-refractivity contribution in [2.75, 3.05) is 10.6 Å². The predicted molar refractivity (Wildman–Crippen MR) is 105 cm³/mol. The molecule has 0 radical (unpaired) electrons. The summed E-state index contributed by atoms with van der Waals surface area (Å²) in [7, 11) is 0. The molecule has 2 aromatic carbocycles. The van der Waals surface area contributed by atoms with E-state index in [4.69, 9.17) is 4.52 Å². The number of anilines is 2. The molecule has 7 heteroatoms. The van der Waals surface area contributed by atoms with E-state index in [1.807, 2.05) is 31.2 Å². The van der Waals surface area contributed by atoms with Crippen LogP contribution in [-0.2, 0) is 0 Å². The van der Waals surface area contributed by atoms with Crippen LogP contribution in [0.2, 0.25) is 0 Å². The van der Waals surface area contributed by atoms with Crippen LogP contribution in [0.3, 0.4) is 0 Å². The highest BCUT2D eigenvalue weighted by atomic mass is 16.5. The molecule has 7 nitrogen and oxygen atoms in total. The summed E-state index contributed by atoms with van der Waals surface area (Å²) < 4.78 is 4.84. The van der Waals surface area contributed by atoms with Crippen LogP contribution in [0.4, 0.5) is 11.4 Å². The number of aryl methyl sites for hydroxylation is 1. The molecule has 0 unspecified atom stereocenters. The van der Waals surface area contributed by atoms with E-state index in [0.717, 1.165) is 16.5 Å². The fraction of sp³-hybridized carbons (Fsp3) is 0.0476. The van der Waals surface area contributed by atoms with Gasteiger partial charge in [-0.3, -0.25) is 14.6 Å². The molecule has 0 spiro atoms. The number of amides is 2. The predicted octanol–water partition coefficient (Wildman–Crippen LogP) is 4.04. The Hall–Kier alpha value is -4.00. The zero-order valence-corrected chi connectivity index (χ0v) is 15.0. The topological polar surface area (TPSA) is 97.1 Å². The second-order valence-electron chi connectivity index (χ2n) is 6.23. The van der Waals surface area contributed by atoms with Crippen LogP contribution < -0.4 is 10.6 Å². The van der Waals surface area contributed by atoms with E-state index in [1.54, 1.807) is 30.5 Å². The summed E-state index contributed by atoms with van der Waals surface area (Å²) in [5.74, 6) is -0.552. The van der Waals surface area contributed by atoms with E-state index in [1.165, 1.54) is 12.3 Å². The van der Waals surface area contributed by atoms with Crippen LogP contribution in [0.1, 0.15) is 26.5 Å². The Balaban J connectivity index is 1.54. The molecule has 138 valence electrons. The summed E-state index contributed by atoms with van der Waals surface area (Å²) in [4.78, 5) is 29.0. The largest absolute Gasteiger partial charge is 0.351 e. The first kappa shape index (κ1) is 17.4. The zero-order chi connectivity index (χ0) is 19.5. The fourth-order valence-electron chi connectivity index (χ4n) is 2.77. The van der Waals surface area contributed by atoms with Gasteiger partial charge in [0, 0.05) is 34.6 Å². The monoisotopic (exact) mass is 372 g/mol. The molecule has 28 heavy (non-hydrogen) atoms. The van der Waals surface area contributed by atoms with Crippen LogP contribution in [0.5, 0.6) is 0 Å². The van der Waals surface area contributed by atoms with E-state index in [-0.39, 0.29) is 11.7 Å². The van der Waals surface area contributed by atoms with Crippen molar-refractivity contribution >= 4 is 34.1 Å². The number of benzene rings is 2. The van der Waals surface area contributed by atoms with Crippen LogP contribution >= 0.6 is 0 Å². The van der Waals surface area contributed by atoms with Crippen LogP contribution in [0.15, 0.2) is 71.5 Å². The van der Waals surface area contributed by atoms with Crippen molar-refractivity contribution in [3.05, 3.63) is 83.9 Å². The maximum Gasteiger partial charge on any atom is 0.294 e. The first-order valence-electron chi connectivity index (χ1n) is 8.59. The molecule has 0 aliphatic heterocycles. The maximum absolute atomic E-state index is 12.7. The van der Waals surface area contributed by atoms with Crippen molar-refractivity contribution in [3.8, 4) is 0 Å². The molecule has 4 aromatic rings. The highest BCUT2D eigenvalue weighted by molar-refractivity contribution is 6.07. The van der Waals surface area contributed by atoms with Gasteiger partial charge in [0.1, 0.15) is 0 Å². The van der Waals surface area contributed by atoms with Gasteiger partial charge in [0.05, 0.1) is 11.7 Å². The lowest BCUT2D eigenvalue weighted by molar-refractivity contribution is 0.0986. The molecule has 2 amide bonds. The lowest BCUT2D eigenvalue weighted by Gasteiger charge is -2.11. The standard InChI is InChI=1S/C21H16N4O3/c1-13-4-6-16(24-21(27)19-8-10-23-28-19)12-18(13)25-20(26)15-5-7-17-14(11-15)3-2-9-22-17/h2-12H,1H3,(H,24,27)(H,25,26). The molecular weight excluding hydrogens is 356 g/mol. The molecule has 2 N–H and O–H groups in total. The number of fused-ring (bicyclic) bond motifs is 1. The highest BCUT2D eigenvalue weighted by Gasteiger charge is 2.13. The quantitative estimate of drug-likeness (QED) is 0.564. The lowest BCUT2D eigenvalue weighted by atomic mass is 10.1. The molecule has 2 aromatic heterocycles. The van der Waals surface area contributed by atoms with Crippen molar-refractivity contribution in [3.63, 3.8) is 0 Å². The third kappa shape index (κ3) is 3.59. The number of aromatic nitrogens is 2. The number of carbonyl (C=O) groups is 2. The molecular formula is C21H16N4O3. The van der Waals surface area contributed by atoms with Crippen LogP contribution in [-0.4, -0.2) is 22.0 Å². The number of hydrogen-bond acceptors (Lipinski definition) is 5. The summed E-state index contributed by atoms with van der Waals surface area (Å²) in [5.41, 5.74) is 3.36. The third-order valence-corrected chi connectivity index (χ3v) is 4.27. The number of carbonyl (C=O) groups excluding carboxylic acids is 2. The Bertz CT molecular complexity index is 1170. The number of nitrogens with zero attached hydrogens (tertiary/aromatic N) is 2. The van der Waals surface area contributed by atoms with Gasteiger partial charge in [0.15, 0.2) is 0 Å². The van der Waals surface area contributed by atoms with Crippen LogP contribution in [0.25, 0.3) is 10.9 Å². The Labute approximate surface area is 160 Å². The van der Waals surface area contributed by atoms with Crippen molar-refractivity contribution in [1.29, 1.82) is 0 Å². The first-order valence-corrected chi connectivity index (χ1v) is 8.59. The Kier molecular flexibility index (Phi) is 4.55. The van der Waals surface area contributed by atoms with Crippen molar-refractivity contribution in [2.45, 2.75) is 6.92 Å². The molecule has 2 heterocycles. The van der Waals surface area contributed by atoms with Gasteiger partial charge in [-0.05, 0) is 48.9 Å². The van der Waals surface area contributed by atoms with E-state index in [9.17, 15) is 9.59 Å². The maximum atomic E-state index is 12.7. The second-order valence-corrected chi connectivity index (χ2v) is 6.23. The molecule has 0 aliphatic rings. The van der Waals surface area contributed by atoms with Gasteiger partial charge in [-0.15, -0.1) is 0 Å². The molecule has 0 fully saturated rings. The average Bonchev–Trinajstić information content (AvgIpc) is 3.25. The first-order chi connectivity index (χ1) is 13.6. The van der Waals surface area contributed by atoms with E-state index >= 15 is 0 Å². The second kappa shape index (κ2) is 7.32. The molecule has 0 saturated carbocycles. The summed E-state index contributed by atoms with van der Waals surface area (Å²) in [6, 6.07) is 15.8. The average molecular weight is 372 g/mol. The van der Waals surface area contributed by atoms with Gasteiger partial charge in [-0.1, -0.05) is 17.3 Å². The van der Waals surface area contributed by atoms with Gasteiger partial charge < -0.3 is 15.2 Å². The molecule has 0 atom stereocenters. The van der Waals surface area contributed by atoms with E-state index in [0.29, 0.717) is 16.9 Å². The number of rotatable bonds is 4. The van der Waals surface area contributed by atoms with Crippen molar-refractivity contribution in [2.24, 2.45) is 0 Å². The summed E-state index contributed by atoms with van der Waals surface area (Å²) in [5, 5.41) is 10.0. The van der Waals surface area contributed by atoms with Crippen molar-refractivity contribution < 1.29 is 14.1 Å². The van der Waals surface area contributed by atoms with Gasteiger partial charge >= 0.3 is 0 Å². The van der Waals surface area contributed by atoms with E-state index in [2.05, 4.69) is 20.8 Å². The minimum Gasteiger partial charge on any atom is -0.351 e. The molecule has 4 rings (SSSR count). The minimum absolute atomic E-state index is 0.107. The lowest BCUT2D eigenvalue weighted by Crippen LogP contribution is -2.14. The van der Waals surface area contributed by atoms with Gasteiger partial charge in [-0.25, -0.2) is 0 Å². The van der Waals surface area contributed by atoms with Gasteiger partial charge in [-0.2, -0.15) is 0 Å². The van der Waals surface area contributed by atoms with E-state index < -0.39 is 5.91 Å². The summed E-state index contributed by atoms with van der Waals surface area (Å²) >= 11 is 0. The summed E-state index contributed by atoms with van der Waals surface area (Å²) in [6.45, 7) is 1.88. The highest BCUT2D eigenvalue weighted by Crippen LogP contribution is 2.22. The zero-order valence-electron chi connectivity index (χ0n) is 15.0. The SMILES string of the molecule is Cc1ccc(NC(=O)c2ccno2)cc1NC(=O)c1ccc2ncccc2c1.